The van der Waals surface area contributed by atoms with Crippen molar-refractivity contribution in [3.05, 3.63) is 95.3 Å². The minimum absolute atomic E-state index is 0.0139. The van der Waals surface area contributed by atoms with Crippen molar-refractivity contribution in [3.63, 3.8) is 0 Å². The van der Waals surface area contributed by atoms with E-state index in [9.17, 15) is 21.6 Å². The fourth-order valence-corrected chi connectivity index (χ4v) is 5.01. The third-order valence-corrected chi connectivity index (χ3v) is 7.12. The largest absolute Gasteiger partial charge is 0.423 e. The minimum atomic E-state index is -3.95. The number of rotatable bonds is 6. The van der Waals surface area contributed by atoms with E-state index in [4.69, 9.17) is 4.42 Å². The van der Waals surface area contributed by atoms with Gasteiger partial charge in [-0.25, -0.2) is 21.6 Å². The summed E-state index contributed by atoms with van der Waals surface area (Å²) in [4.78, 5) is 11.2. The van der Waals surface area contributed by atoms with Gasteiger partial charge in [-0.15, -0.1) is 0 Å². The van der Waals surface area contributed by atoms with Crippen LogP contribution in [0.25, 0.3) is 11.0 Å². The Hall–Kier alpha value is -3.63. The molecule has 4 rings (SSSR count). The molecule has 0 unspecified atom stereocenters. The lowest BCUT2D eigenvalue weighted by Crippen LogP contribution is -2.14. The maximum Gasteiger partial charge on any atom is 0.336 e. The highest BCUT2D eigenvalue weighted by molar-refractivity contribution is 7.93. The smallest absolute Gasteiger partial charge is 0.336 e. The summed E-state index contributed by atoms with van der Waals surface area (Å²) in [5.41, 5.74) is 0.350. The average molecular weight is 457 g/mol. The zero-order valence-corrected chi connectivity index (χ0v) is 17.5. The van der Waals surface area contributed by atoms with Crippen molar-refractivity contribution in [2.24, 2.45) is 0 Å². The van der Waals surface area contributed by atoms with Gasteiger partial charge in [0.15, 0.2) is 0 Å². The van der Waals surface area contributed by atoms with Gasteiger partial charge in [0.1, 0.15) is 5.58 Å². The lowest BCUT2D eigenvalue weighted by molar-refractivity contribution is 0.560. The second kappa shape index (κ2) is 7.89. The molecule has 2 N–H and O–H groups in total. The van der Waals surface area contributed by atoms with Crippen LogP contribution in [-0.4, -0.2) is 16.8 Å². The number of fused-ring (bicyclic) bond motifs is 1. The van der Waals surface area contributed by atoms with Gasteiger partial charge in [-0.05, 0) is 60.7 Å². The van der Waals surface area contributed by atoms with E-state index in [0.29, 0.717) is 11.1 Å². The molecule has 1 aromatic heterocycles. The van der Waals surface area contributed by atoms with Crippen LogP contribution in [-0.2, 0) is 20.0 Å². The molecule has 0 bridgehead atoms. The van der Waals surface area contributed by atoms with E-state index < -0.39 is 25.7 Å². The molecule has 8 nitrogen and oxygen atoms in total. The zero-order valence-electron chi connectivity index (χ0n) is 15.8. The topological polar surface area (TPSA) is 123 Å². The molecule has 31 heavy (non-hydrogen) atoms. The van der Waals surface area contributed by atoms with Crippen LogP contribution in [0, 0.1) is 0 Å². The molecule has 0 aliphatic heterocycles. The summed E-state index contributed by atoms with van der Waals surface area (Å²) in [6, 6.07) is 20.5. The van der Waals surface area contributed by atoms with E-state index >= 15 is 0 Å². The molecule has 3 aromatic carbocycles. The van der Waals surface area contributed by atoms with Crippen molar-refractivity contribution < 1.29 is 21.3 Å². The Bertz CT molecular complexity index is 1510. The van der Waals surface area contributed by atoms with Gasteiger partial charge in [0.05, 0.1) is 9.79 Å². The van der Waals surface area contributed by atoms with Crippen molar-refractivity contribution in [2.45, 2.75) is 9.79 Å². The maximum absolute atomic E-state index is 12.7. The van der Waals surface area contributed by atoms with Crippen LogP contribution >= 0.6 is 0 Å². The standard InChI is InChI=1S/C21H16N2O6S2/c24-21-13-6-15-14-19(11-12-20(15)29-21)31(27,28)23-17-7-9-18(10-8-17)30(25,26)22-16-4-2-1-3-5-16/h1-14,22-23H. The number of hydrogen-bond donors (Lipinski definition) is 2. The minimum Gasteiger partial charge on any atom is -0.423 e. The second-order valence-electron chi connectivity index (χ2n) is 6.56. The van der Waals surface area contributed by atoms with E-state index in [1.807, 2.05) is 0 Å². The molecule has 0 saturated heterocycles. The number of para-hydroxylation sites is 1. The van der Waals surface area contributed by atoms with Gasteiger partial charge in [-0.1, -0.05) is 18.2 Å². The van der Waals surface area contributed by atoms with Crippen molar-refractivity contribution in [3.8, 4) is 0 Å². The Kier molecular flexibility index (Phi) is 5.25. The fourth-order valence-electron chi connectivity index (χ4n) is 2.85. The van der Waals surface area contributed by atoms with Crippen molar-refractivity contribution >= 4 is 42.4 Å². The number of hydrogen-bond acceptors (Lipinski definition) is 6. The molecule has 0 atom stereocenters. The van der Waals surface area contributed by atoms with Gasteiger partial charge in [0, 0.05) is 22.8 Å². The summed E-state index contributed by atoms with van der Waals surface area (Å²) in [5, 5.41) is 0.455. The van der Waals surface area contributed by atoms with E-state index in [1.54, 1.807) is 30.3 Å². The summed E-state index contributed by atoms with van der Waals surface area (Å²) in [6.07, 6.45) is 0. The molecule has 0 saturated carbocycles. The summed E-state index contributed by atoms with van der Waals surface area (Å²) in [5.74, 6) is 0. The van der Waals surface area contributed by atoms with Crippen LogP contribution in [0.4, 0.5) is 11.4 Å². The highest BCUT2D eigenvalue weighted by Crippen LogP contribution is 2.22. The van der Waals surface area contributed by atoms with Crippen LogP contribution in [0.3, 0.4) is 0 Å². The van der Waals surface area contributed by atoms with E-state index in [1.165, 1.54) is 54.6 Å². The number of nitrogens with one attached hydrogen (secondary N) is 2. The van der Waals surface area contributed by atoms with Crippen LogP contribution in [0.15, 0.2) is 104 Å². The van der Waals surface area contributed by atoms with Gasteiger partial charge >= 0.3 is 5.63 Å². The first-order chi connectivity index (χ1) is 14.7. The summed E-state index contributed by atoms with van der Waals surface area (Å²) < 4.78 is 60.2. The summed E-state index contributed by atoms with van der Waals surface area (Å²) in [7, 11) is -7.76. The second-order valence-corrected chi connectivity index (χ2v) is 9.92. The summed E-state index contributed by atoms with van der Waals surface area (Å²) in [6.45, 7) is 0. The lowest BCUT2D eigenvalue weighted by Gasteiger charge is -2.11. The van der Waals surface area contributed by atoms with Gasteiger partial charge < -0.3 is 4.42 Å². The Balaban J connectivity index is 1.55. The molecular formula is C21H16N2O6S2. The Morgan fingerprint density at radius 2 is 1.19 bits per heavy atom. The normalized spacial score (nSPS) is 11.9. The quantitative estimate of drug-likeness (QED) is 0.429. The Labute approximate surface area is 178 Å². The van der Waals surface area contributed by atoms with E-state index in [2.05, 4.69) is 9.44 Å². The first kappa shape index (κ1) is 20.6. The molecule has 158 valence electrons. The molecule has 0 aliphatic rings. The van der Waals surface area contributed by atoms with E-state index in [0.717, 1.165) is 0 Å². The predicted octanol–water partition coefficient (Wildman–Crippen LogP) is 3.39. The van der Waals surface area contributed by atoms with Crippen LogP contribution in [0.1, 0.15) is 0 Å². The Morgan fingerprint density at radius 3 is 1.87 bits per heavy atom. The van der Waals surface area contributed by atoms with Gasteiger partial charge in [-0.3, -0.25) is 9.44 Å². The third-order valence-electron chi connectivity index (χ3n) is 4.34. The first-order valence-electron chi connectivity index (χ1n) is 8.98. The molecule has 10 heteroatoms. The Morgan fingerprint density at radius 1 is 0.613 bits per heavy atom. The summed E-state index contributed by atoms with van der Waals surface area (Å²) >= 11 is 0. The predicted molar refractivity (Wildman–Crippen MR) is 117 cm³/mol. The molecular weight excluding hydrogens is 440 g/mol. The van der Waals surface area contributed by atoms with Crippen LogP contribution < -0.4 is 15.1 Å². The molecule has 0 radical (unpaired) electrons. The number of benzene rings is 3. The third kappa shape index (κ3) is 4.60. The average Bonchev–Trinajstić information content (AvgIpc) is 2.74. The maximum atomic E-state index is 12.7. The highest BCUT2D eigenvalue weighted by atomic mass is 32.2. The van der Waals surface area contributed by atoms with Gasteiger partial charge in [-0.2, -0.15) is 0 Å². The molecule has 0 amide bonds. The van der Waals surface area contributed by atoms with E-state index in [-0.39, 0.29) is 21.1 Å². The van der Waals surface area contributed by atoms with Gasteiger partial charge in [0.25, 0.3) is 20.0 Å². The van der Waals surface area contributed by atoms with Crippen LogP contribution in [0.5, 0.6) is 0 Å². The lowest BCUT2D eigenvalue weighted by atomic mass is 10.2. The zero-order chi connectivity index (χ0) is 22.1. The molecule has 0 fully saturated rings. The van der Waals surface area contributed by atoms with Crippen molar-refractivity contribution in [1.82, 2.24) is 0 Å². The fraction of sp³-hybridized carbons (Fsp3) is 0. The number of sulfonamides is 2. The van der Waals surface area contributed by atoms with Crippen molar-refractivity contribution in [2.75, 3.05) is 9.44 Å². The molecule has 0 aliphatic carbocycles. The molecule has 1 heterocycles. The molecule has 4 aromatic rings. The molecule has 0 spiro atoms. The van der Waals surface area contributed by atoms with Gasteiger partial charge in [0.2, 0.25) is 0 Å². The first-order valence-corrected chi connectivity index (χ1v) is 11.9. The van der Waals surface area contributed by atoms with Crippen LogP contribution in [0.2, 0.25) is 0 Å². The number of anilines is 2. The monoisotopic (exact) mass is 456 g/mol. The van der Waals surface area contributed by atoms with Crippen molar-refractivity contribution in [1.29, 1.82) is 0 Å². The highest BCUT2D eigenvalue weighted by Gasteiger charge is 2.17. The SMILES string of the molecule is O=c1ccc2cc(S(=O)(=O)Nc3ccc(S(=O)(=O)Nc4ccccc4)cc3)ccc2o1.